The molecule has 0 unspecified atom stereocenters. The maximum atomic E-state index is 11.7. The number of carbonyl (C=O) groups is 1. The lowest BCUT2D eigenvalue weighted by Gasteiger charge is -2.20. The largest absolute Gasteiger partial charge is 0.352 e. The molecule has 1 aromatic heterocycles. The second-order valence-electron chi connectivity index (χ2n) is 4.14. The van der Waals surface area contributed by atoms with E-state index in [1.54, 1.807) is 12.4 Å². The molecule has 0 spiro atoms. The molecular formula is C11H17N3OS. The molecule has 2 N–H and O–H groups in total. The highest BCUT2D eigenvalue weighted by molar-refractivity contribution is 7.99. The van der Waals surface area contributed by atoms with Gasteiger partial charge in [-0.05, 0) is 30.3 Å². The van der Waals surface area contributed by atoms with Crippen LogP contribution in [-0.2, 0) is 11.3 Å². The minimum atomic E-state index is 0.165. The summed E-state index contributed by atoms with van der Waals surface area (Å²) in [7, 11) is 0. The van der Waals surface area contributed by atoms with Crippen LogP contribution in [0.2, 0.25) is 0 Å². The van der Waals surface area contributed by atoms with E-state index < -0.39 is 0 Å². The molecule has 16 heavy (non-hydrogen) atoms. The zero-order valence-electron chi connectivity index (χ0n) is 9.24. The van der Waals surface area contributed by atoms with Gasteiger partial charge in [0.25, 0.3) is 0 Å². The van der Waals surface area contributed by atoms with Crippen LogP contribution in [0, 0.1) is 5.92 Å². The summed E-state index contributed by atoms with van der Waals surface area (Å²) in [5.74, 6) is 3.17. The Morgan fingerprint density at radius 3 is 3.06 bits per heavy atom. The van der Waals surface area contributed by atoms with E-state index in [-0.39, 0.29) is 5.91 Å². The van der Waals surface area contributed by atoms with E-state index in [9.17, 15) is 4.79 Å². The van der Waals surface area contributed by atoms with Gasteiger partial charge in [-0.15, -0.1) is 0 Å². The van der Waals surface area contributed by atoms with Gasteiger partial charge in [0.1, 0.15) is 0 Å². The number of nitrogens with one attached hydrogen (secondary N) is 2. The van der Waals surface area contributed by atoms with Gasteiger partial charge < -0.3 is 5.32 Å². The van der Waals surface area contributed by atoms with Crippen LogP contribution in [0.5, 0.6) is 0 Å². The molecule has 0 saturated carbocycles. The molecule has 1 aliphatic rings. The summed E-state index contributed by atoms with van der Waals surface area (Å²) in [4.78, 5) is 11.7. The van der Waals surface area contributed by atoms with Crippen LogP contribution in [0.15, 0.2) is 12.4 Å². The van der Waals surface area contributed by atoms with Gasteiger partial charge >= 0.3 is 0 Å². The van der Waals surface area contributed by atoms with Gasteiger partial charge in [0.15, 0.2) is 0 Å². The number of thioether (sulfide) groups is 1. The first-order valence-electron chi connectivity index (χ1n) is 5.66. The van der Waals surface area contributed by atoms with Crippen LogP contribution >= 0.6 is 11.8 Å². The average Bonchev–Trinajstić information content (AvgIpc) is 2.81. The number of aromatic amines is 1. The number of amides is 1. The minimum Gasteiger partial charge on any atom is -0.352 e. The van der Waals surface area contributed by atoms with Crippen molar-refractivity contribution in [3.63, 3.8) is 0 Å². The molecule has 2 rings (SSSR count). The third-order valence-corrected chi connectivity index (χ3v) is 3.91. The van der Waals surface area contributed by atoms with Crippen molar-refractivity contribution < 1.29 is 4.79 Å². The first-order chi connectivity index (χ1) is 7.84. The average molecular weight is 239 g/mol. The number of aromatic nitrogens is 2. The van der Waals surface area contributed by atoms with Crippen molar-refractivity contribution in [3.05, 3.63) is 18.0 Å². The zero-order chi connectivity index (χ0) is 11.2. The van der Waals surface area contributed by atoms with Crippen molar-refractivity contribution in [2.24, 2.45) is 5.92 Å². The van der Waals surface area contributed by atoms with Crippen molar-refractivity contribution >= 4 is 17.7 Å². The summed E-state index contributed by atoms with van der Waals surface area (Å²) < 4.78 is 0. The molecule has 1 saturated heterocycles. The molecule has 88 valence electrons. The summed E-state index contributed by atoms with van der Waals surface area (Å²) >= 11 is 1.99. The second-order valence-corrected chi connectivity index (χ2v) is 5.37. The number of hydrogen-bond acceptors (Lipinski definition) is 3. The molecule has 4 nitrogen and oxygen atoms in total. The molecule has 0 bridgehead atoms. The molecule has 1 aliphatic heterocycles. The fourth-order valence-electron chi connectivity index (χ4n) is 1.86. The van der Waals surface area contributed by atoms with Gasteiger partial charge in [0.2, 0.25) is 5.91 Å². The maximum Gasteiger partial charge on any atom is 0.220 e. The van der Waals surface area contributed by atoms with Gasteiger partial charge in [-0.2, -0.15) is 16.9 Å². The Kier molecular flexibility index (Phi) is 4.27. The lowest BCUT2D eigenvalue weighted by atomic mass is 9.98. The standard InChI is InChI=1S/C11H17N3OS/c15-11(5-9-1-3-16-4-2-9)12-6-10-7-13-14-8-10/h7-9H,1-6H2,(H,12,15)(H,13,14). The van der Waals surface area contributed by atoms with Crippen molar-refractivity contribution in [2.75, 3.05) is 11.5 Å². The Hall–Kier alpha value is -0.970. The Labute approximate surface area is 99.6 Å². The predicted octanol–water partition coefficient (Wildman–Crippen LogP) is 1.56. The van der Waals surface area contributed by atoms with Crippen molar-refractivity contribution in [1.29, 1.82) is 0 Å². The van der Waals surface area contributed by atoms with Gasteiger partial charge in [-0.3, -0.25) is 9.89 Å². The SMILES string of the molecule is O=C(CC1CCSCC1)NCc1cn[nH]c1. The van der Waals surface area contributed by atoms with Crippen LogP contribution in [0.1, 0.15) is 24.8 Å². The Bertz CT molecular complexity index is 320. The molecule has 5 heteroatoms. The normalized spacial score (nSPS) is 17.2. The van der Waals surface area contributed by atoms with E-state index in [2.05, 4.69) is 15.5 Å². The number of nitrogens with zero attached hydrogens (tertiary/aromatic N) is 1. The van der Waals surface area contributed by atoms with Gasteiger partial charge in [0.05, 0.1) is 6.20 Å². The predicted molar refractivity (Wildman–Crippen MR) is 65.1 cm³/mol. The fraction of sp³-hybridized carbons (Fsp3) is 0.636. The summed E-state index contributed by atoms with van der Waals surface area (Å²) in [6.45, 7) is 0.580. The minimum absolute atomic E-state index is 0.165. The Morgan fingerprint density at radius 2 is 2.38 bits per heavy atom. The Morgan fingerprint density at radius 1 is 1.56 bits per heavy atom. The lowest BCUT2D eigenvalue weighted by Crippen LogP contribution is -2.26. The van der Waals surface area contributed by atoms with Crippen LogP contribution < -0.4 is 5.32 Å². The molecular weight excluding hydrogens is 222 g/mol. The summed E-state index contributed by atoms with van der Waals surface area (Å²) in [5.41, 5.74) is 1.02. The molecule has 0 aliphatic carbocycles. The molecule has 1 aromatic rings. The molecule has 1 fully saturated rings. The quantitative estimate of drug-likeness (QED) is 0.838. The summed E-state index contributed by atoms with van der Waals surface area (Å²) in [5, 5.41) is 9.49. The molecule has 0 radical (unpaired) electrons. The zero-order valence-corrected chi connectivity index (χ0v) is 10.1. The molecule has 0 aromatic carbocycles. The van der Waals surface area contributed by atoms with E-state index in [4.69, 9.17) is 0 Å². The van der Waals surface area contributed by atoms with E-state index in [1.807, 2.05) is 11.8 Å². The van der Waals surface area contributed by atoms with Crippen LogP contribution in [0.3, 0.4) is 0 Å². The fourth-order valence-corrected chi connectivity index (χ4v) is 3.06. The smallest absolute Gasteiger partial charge is 0.220 e. The topological polar surface area (TPSA) is 57.8 Å². The van der Waals surface area contributed by atoms with E-state index in [0.717, 1.165) is 5.56 Å². The first kappa shape index (κ1) is 11.5. The monoisotopic (exact) mass is 239 g/mol. The summed E-state index contributed by atoms with van der Waals surface area (Å²) in [6.07, 6.45) is 6.58. The Balaban J connectivity index is 1.67. The van der Waals surface area contributed by atoms with Crippen LogP contribution in [0.25, 0.3) is 0 Å². The summed E-state index contributed by atoms with van der Waals surface area (Å²) in [6, 6.07) is 0. The number of hydrogen-bond donors (Lipinski definition) is 2. The van der Waals surface area contributed by atoms with Crippen molar-refractivity contribution in [1.82, 2.24) is 15.5 Å². The number of rotatable bonds is 4. The van der Waals surface area contributed by atoms with Gasteiger partial charge in [0, 0.05) is 24.7 Å². The third-order valence-electron chi connectivity index (χ3n) is 2.86. The molecule has 1 amide bonds. The van der Waals surface area contributed by atoms with E-state index in [0.29, 0.717) is 18.9 Å². The second kappa shape index (κ2) is 5.94. The molecule has 0 atom stereocenters. The number of carbonyl (C=O) groups excluding carboxylic acids is 1. The highest BCUT2D eigenvalue weighted by atomic mass is 32.2. The van der Waals surface area contributed by atoms with Gasteiger partial charge in [-0.1, -0.05) is 0 Å². The lowest BCUT2D eigenvalue weighted by molar-refractivity contribution is -0.122. The third kappa shape index (κ3) is 3.56. The first-order valence-corrected chi connectivity index (χ1v) is 6.82. The highest BCUT2D eigenvalue weighted by Crippen LogP contribution is 2.24. The van der Waals surface area contributed by atoms with Crippen LogP contribution in [0.4, 0.5) is 0 Å². The van der Waals surface area contributed by atoms with E-state index >= 15 is 0 Å². The van der Waals surface area contributed by atoms with E-state index in [1.165, 1.54) is 24.3 Å². The maximum absolute atomic E-state index is 11.7. The van der Waals surface area contributed by atoms with Crippen molar-refractivity contribution in [2.45, 2.75) is 25.8 Å². The van der Waals surface area contributed by atoms with Gasteiger partial charge in [-0.25, -0.2) is 0 Å². The van der Waals surface area contributed by atoms with Crippen LogP contribution in [-0.4, -0.2) is 27.6 Å². The molecule has 2 heterocycles. The van der Waals surface area contributed by atoms with Crippen molar-refractivity contribution in [3.8, 4) is 0 Å². The number of H-pyrrole nitrogens is 1. The highest BCUT2D eigenvalue weighted by Gasteiger charge is 2.16.